The lowest BCUT2D eigenvalue weighted by atomic mass is 9.98. The molecule has 0 spiro atoms. The van der Waals surface area contributed by atoms with E-state index in [1.54, 1.807) is 4.80 Å². The molecule has 0 atom stereocenters. The highest BCUT2D eigenvalue weighted by molar-refractivity contribution is 6.18. The van der Waals surface area contributed by atoms with Gasteiger partial charge in [0.25, 0.3) is 0 Å². The number of para-hydroxylation sites is 1. The fourth-order valence-electron chi connectivity index (χ4n) is 7.13. The molecule has 0 N–H and O–H groups in total. The Morgan fingerprint density at radius 2 is 0.830 bits per heavy atom. The van der Waals surface area contributed by atoms with Gasteiger partial charge in [-0.15, -0.1) is 10.2 Å². The first kappa shape index (κ1) is 30.6. The number of nitrogens with zero attached hydrogens (tertiary/aromatic N) is 5. The van der Waals surface area contributed by atoms with E-state index < -0.39 is 0 Å². The van der Waals surface area contributed by atoms with Crippen molar-refractivity contribution >= 4 is 32.6 Å². The van der Waals surface area contributed by atoms with Crippen molar-refractivity contribution in [1.82, 2.24) is 25.0 Å². The van der Waals surface area contributed by atoms with Crippen LogP contribution in [0.5, 0.6) is 0 Å². The Kier molecular flexibility index (Phi) is 7.40. The summed E-state index contributed by atoms with van der Waals surface area (Å²) in [4.78, 5) is 12.2. The second kappa shape index (κ2) is 12.8. The predicted molar refractivity (Wildman–Crippen MR) is 217 cm³/mol. The van der Waals surface area contributed by atoms with Crippen LogP contribution >= 0.6 is 0 Å². The summed E-state index contributed by atoms with van der Waals surface area (Å²) in [6.07, 6.45) is 0. The Morgan fingerprint density at radius 3 is 1.43 bits per heavy atom. The summed E-state index contributed by atoms with van der Waals surface area (Å²) < 4.78 is 0. The van der Waals surface area contributed by atoms with E-state index in [2.05, 4.69) is 140 Å². The van der Waals surface area contributed by atoms with Crippen LogP contribution in [0.25, 0.3) is 94.4 Å². The SMILES string of the molecule is c1ccc(-c2ccc(-c3cc(-c4ccc(-c5ccccc5)cc4)nc(-c4ccc5ccc6ccc7nn(-c8ccccc8)nc7c6c5c4)n3)cc2)cc1. The molecule has 53 heavy (non-hydrogen) atoms. The van der Waals surface area contributed by atoms with Crippen molar-refractivity contribution < 1.29 is 0 Å². The van der Waals surface area contributed by atoms with Crippen molar-refractivity contribution in [2.75, 3.05) is 0 Å². The molecule has 248 valence electrons. The lowest BCUT2D eigenvalue weighted by molar-refractivity contribution is 0.766. The maximum atomic E-state index is 5.22. The minimum atomic E-state index is 0.663. The van der Waals surface area contributed by atoms with E-state index in [1.807, 2.05) is 48.5 Å². The maximum Gasteiger partial charge on any atom is 0.160 e. The lowest BCUT2D eigenvalue weighted by Gasteiger charge is -2.12. The van der Waals surface area contributed by atoms with Crippen molar-refractivity contribution in [2.45, 2.75) is 0 Å². The van der Waals surface area contributed by atoms with Crippen LogP contribution in [0.4, 0.5) is 0 Å². The van der Waals surface area contributed by atoms with Crippen LogP contribution < -0.4 is 0 Å². The van der Waals surface area contributed by atoms with Crippen LogP contribution in [0.1, 0.15) is 0 Å². The fraction of sp³-hybridized carbons (Fsp3) is 0. The van der Waals surface area contributed by atoms with E-state index >= 15 is 0 Å². The number of aromatic nitrogens is 5. The van der Waals surface area contributed by atoms with Gasteiger partial charge in [-0.3, -0.25) is 0 Å². The van der Waals surface area contributed by atoms with Crippen LogP contribution in [0, 0.1) is 0 Å². The third-order valence-corrected chi connectivity index (χ3v) is 9.90. The van der Waals surface area contributed by atoms with Gasteiger partial charge in [0, 0.05) is 22.1 Å². The summed E-state index contributed by atoms with van der Waals surface area (Å²) in [5.41, 5.74) is 12.0. The molecule has 5 heteroatoms. The van der Waals surface area contributed by atoms with Crippen molar-refractivity contribution in [2.24, 2.45) is 0 Å². The highest BCUT2D eigenvalue weighted by atomic mass is 15.5. The largest absolute Gasteiger partial charge is 0.228 e. The molecule has 0 unspecified atom stereocenters. The molecule has 0 saturated heterocycles. The number of rotatable bonds is 6. The first-order valence-electron chi connectivity index (χ1n) is 17.7. The summed E-state index contributed by atoms with van der Waals surface area (Å²) in [5.74, 6) is 0.663. The van der Waals surface area contributed by atoms with E-state index in [0.29, 0.717) is 5.82 Å². The molecule has 10 rings (SSSR count). The number of hydrogen-bond acceptors (Lipinski definition) is 4. The molecule has 2 aromatic heterocycles. The third-order valence-electron chi connectivity index (χ3n) is 9.90. The Morgan fingerprint density at radius 1 is 0.358 bits per heavy atom. The fourth-order valence-corrected chi connectivity index (χ4v) is 7.13. The standard InChI is InChI=1S/C48H31N5/c1-4-10-32(11-5-1)34-16-22-37(23-17-34)44-31-45(38-24-18-35(19-25-38)33-12-6-2-7-13-33)50-48(49-44)40-27-21-36-20-26-39-28-29-43-47(46(39)42(36)30-40)52-53(51-43)41-14-8-3-9-15-41/h1-31H. The zero-order valence-corrected chi connectivity index (χ0v) is 28.6. The molecular weight excluding hydrogens is 647 g/mol. The summed E-state index contributed by atoms with van der Waals surface area (Å²) in [6, 6.07) is 65.3. The molecule has 8 aromatic carbocycles. The second-order valence-electron chi connectivity index (χ2n) is 13.2. The van der Waals surface area contributed by atoms with E-state index in [4.69, 9.17) is 20.2 Å². The molecule has 0 fully saturated rings. The predicted octanol–water partition coefficient (Wildman–Crippen LogP) is 11.9. The zero-order valence-electron chi connectivity index (χ0n) is 28.6. The van der Waals surface area contributed by atoms with Gasteiger partial charge in [-0.2, -0.15) is 4.80 Å². The molecule has 0 aliphatic rings. The van der Waals surface area contributed by atoms with Gasteiger partial charge in [-0.05, 0) is 68.7 Å². The lowest BCUT2D eigenvalue weighted by Crippen LogP contribution is -1.97. The molecular formula is C48H31N5. The van der Waals surface area contributed by atoms with Gasteiger partial charge in [0.2, 0.25) is 0 Å². The smallest absolute Gasteiger partial charge is 0.160 e. The van der Waals surface area contributed by atoms with Gasteiger partial charge in [-0.25, -0.2) is 9.97 Å². The number of benzene rings is 8. The second-order valence-corrected chi connectivity index (χ2v) is 13.2. The van der Waals surface area contributed by atoms with E-state index in [9.17, 15) is 0 Å². The van der Waals surface area contributed by atoms with Crippen LogP contribution in [-0.4, -0.2) is 25.0 Å². The normalized spacial score (nSPS) is 11.4. The number of hydrogen-bond donors (Lipinski definition) is 0. The minimum Gasteiger partial charge on any atom is -0.228 e. The Balaban J connectivity index is 1.13. The highest BCUT2D eigenvalue weighted by Gasteiger charge is 2.15. The minimum absolute atomic E-state index is 0.663. The Hall–Kier alpha value is -7.24. The molecule has 0 aliphatic heterocycles. The van der Waals surface area contributed by atoms with Gasteiger partial charge >= 0.3 is 0 Å². The number of fused-ring (bicyclic) bond motifs is 5. The van der Waals surface area contributed by atoms with Crippen LogP contribution in [0.2, 0.25) is 0 Å². The molecule has 0 saturated carbocycles. The Labute approximate surface area is 306 Å². The average Bonchev–Trinajstić information content (AvgIpc) is 3.69. The quantitative estimate of drug-likeness (QED) is 0.164. The van der Waals surface area contributed by atoms with Gasteiger partial charge in [0.05, 0.1) is 17.1 Å². The molecule has 0 bridgehead atoms. The van der Waals surface area contributed by atoms with Crippen LogP contribution in [0.15, 0.2) is 188 Å². The van der Waals surface area contributed by atoms with Gasteiger partial charge < -0.3 is 0 Å². The van der Waals surface area contributed by atoms with Gasteiger partial charge in [0.15, 0.2) is 5.82 Å². The summed E-state index contributed by atoms with van der Waals surface area (Å²) in [6.45, 7) is 0. The van der Waals surface area contributed by atoms with Crippen molar-refractivity contribution in [3.63, 3.8) is 0 Å². The molecule has 0 radical (unpaired) electrons. The van der Waals surface area contributed by atoms with Crippen molar-refractivity contribution in [3.05, 3.63) is 188 Å². The third kappa shape index (κ3) is 5.71. The monoisotopic (exact) mass is 677 g/mol. The first-order chi connectivity index (χ1) is 26.2. The van der Waals surface area contributed by atoms with Gasteiger partial charge in [0.1, 0.15) is 11.0 Å². The highest BCUT2D eigenvalue weighted by Crippen LogP contribution is 2.35. The van der Waals surface area contributed by atoms with E-state index in [0.717, 1.165) is 77.5 Å². The Bertz CT molecular complexity index is 2800. The average molecular weight is 678 g/mol. The topological polar surface area (TPSA) is 56.5 Å². The maximum absolute atomic E-state index is 5.22. The van der Waals surface area contributed by atoms with Crippen molar-refractivity contribution in [1.29, 1.82) is 0 Å². The van der Waals surface area contributed by atoms with Crippen molar-refractivity contribution in [3.8, 4) is 61.8 Å². The van der Waals surface area contributed by atoms with E-state index in [1.165, 1.54) is 11.1 Å². The van der Waals surface area contributed by atoms with E-state index in [-0.39, 0.29) is 0 Å². The van der Waals surface area contributed by atoms with Gasteiger partial charge in [-0.1, -0.05) is 158 Å². The van der Waals surface area contributed by atoms with Crippen LogP contribution in [-0.2, 0) is 0 Å². The molecule has 2 heterocycles. The summed E-state index contributed by atoms with van der Waals surface area (Å²) >= 11 is 0. The van der Waals surface area contributed by atoms with Crippen LogP contribution in [0.3, 0.4) is 0 Å². The molecule has 0 aliphatic carbocycles. The summed E-state index contributed by atoms with van der Waals surface area (Å²) in [5, 5.41) is 14.2. The molecule has 5 nitrogen and oxygen atoms in total. The summed E-state index contributed by atoms with van der Waals surface area (Å²) in [7, 11) is 0. The zero-order chi connectivity index (χ0) is 35.1. The molecule has 10 aromatic rings. The molecule has 0 amide bonds. The first-order valence-corrected chi connectivity index (χ1v) is 17.7.